The first-order valence-corrected chi connectivity index (χ1v) is 11.6. The van der Waals surface area contributed by atoms with Crippen LogP contribution >= 0.6 is 0 Å². The van der Waals surface area contributed by atoms with E-state index < -0.39 is 0 Å². The molecule has 33 heavy (non-hydrogen) atoms. The summed E-state index contributed by atoms with van der Waals surface area (Å²) in [5, 5.41) is 7.73. The van der Waals surface area contributed by atoms with E-state index in [4.69, 9.17) is 5.10 Å². The van der Waals surface area contributed by atoms with Gasteiger partial charge in [0.1, 0.15) is 5.82 Å². The number of nitrogens with one attached hydrogen (secondary N) is 1. The third-order valence-electron chi connectivity index (χ3n) is 6.68. The number of carbonyl (C=O) groups is 2. The Morgan fingerprint density at radius 3 is 2.52 bits per heavy atom. The lowest BCUT2D eigenvalue weighted by Crippen LogP contribution is -2.36. The first-order valence-electron chi connectivity index (χ1n) is 11.6. The lowest BCUT2D eigenvalue weighted by Gasteiger charge is -2.23. The standard InChI is InChI=1S/C26H27FN4O2/c27-21-12-10-18(11-13-21)25-20(17-31(29-25)23-8-2-1-3-9-23)15-28-26(33)19-14-24(32)30(16-19)22-6-4-5-7-22/h1-3,8-13,17,19,22H,4-7,14-16H2,(H,28,33). The Morgan fingerprint density at radius 2 is 1.79 bits per heavy atom. The lowest BCUT2D eigenvalue weighted by molar-refractivity contribution is -0.130. The Hall–Kier alpha value is -3.48. The van der Waals surface area contributed by atoms with Gasteiger partial charge in [0.25, 0.3) is 0 Å². The van der Waals surface area contributed by atoms with E-state index in [9.17, 15) is 14.0 Å². The molecule has 0 bridgehead atoms. The van der Waals surface area contributed by atoms with Crippen LogP contribution in [0.4, 0.5) is 4.39 Å². The van der Waals surface area contributed by atoms with Crippen molar-refractivity contribution >= 4 is 11.8 Å². The molecule has 1 aromatic heterocycles. The number of nitrogens with zero attached hydrogens (tertiary/aromatic N) is 3. The van der Waals surface area contributed by atoms with Crippen LogP contribution < -0.4 is 5.32 Å². The molecule has 1 unspecified atom stereocenters. The van der Waals surface area contributed by atoms with Crippen molar-refractivity contribution in [2.24, 2.45) is 5.92 Å². The fourth-order valence-electron chi connectivity index (χ4n) is 4.91. The number of hydrogen-bond acceptors (Lipinski definition) is 3. The highest BCUT2D eigenvalue weighted by atomic mass is 19.1. The van der Waals surface area contributed by atoms with Crippen LogP contribution in [-0.4, -0.2) is 39.1 Å². The zero-order chi connectivity index (χ0) is 22.8. The number of carbonyl (C=O) groups excluding carboxylic acids is 2. The molecule has 2 fully saturated rings. The van der Waals surface area contributed by atoms with Gasteiger partial charge in [-0.25, -0.2) is 9.07 Å². The molecular formula is C26H27FN4O2. The van der Waals surface area contributed by atoms with Gasteiger partial charge < -0.3 is 10.2 Å². The average Bonchev–Trinajstić information content (AvgIpc) is 3.58. The van der Waals surface area contributed by atoms with Crippen molar-refractivity contribution < 1.29 is 14.0 Å². The molecule has 1 aliphatic carbocycles. The molecule has 5 rings (SSSR count). The molecule has 2 aliphatic rings. The summed E-state index contributed by atoms with van der Waals surface area (Å²) in [6, 6.07) is 16.2. The van der Waals surface area contributed by atoms with Crippen molar-refractivity contribution in [1.29, 1.82) is 0 Å². The molecule has 1 atom stereocenters. The third-order valence-corrected chi connectivity index (χ3v) is 6.68. The molecule has 7 heteroatoms. The van der Waals surface area contributed by atoms with Gasteiger partial charge in [0.2, 0.25) is 11.8 Å². The summed E-state index contributed by atoms with van der Waals surface area (Å²) in [6.45, 7) is 0.788. The number of benzene rings is 2. The third kappa shape index (κ3) is 4.53. The number of hydrogen-bond donors (Lipinski definition) is 1. The van der Waals surface area contributed by atoms with E-state index in [1.54, 1.807) is 16.8 Å². The minimum atomic E-state index is -0.323. The largest absolute Gasteiger partial charge is 0.352 e. The van der Waals surface area contributed by atoms with Gasteiger partial charge in [-0.1, -0.05) is 31.0 Å². The molecule has 2 aromatic carbocycles. The van der Waals surface area contributed by atoms with Gasteiger partial charge in [0.15, 0.2) is 0 Å². The number of amides is 2. The first-order chi connectivity index (χ1) is 16.1. The summed E-state index contributed by atoms with van der Waals surface area (Å²) in [7, 11) is 0. The maximum Gasteiger partial charge on any atom is 0.225 e. The Balaban J connectivity index is 1.33. The van der Waals surface area contributed by atoms with Gasteiger partial charge in [-0.3, -0.25) is 9.59 Å². The normalized spacial score (nSPS) is 18.8. The van der Waals surface area contributed by atoms with Crippen molar-refractivity contribution in [3.8, 4) is 16.9 Å². The van der Waals surface area contributed by atoms with Gasteiger partial charge >= 0.3 is 0 Å². The molecule has 3 aromatic rings. The molecule has 0 radical (unpaired) electrons. The molecule has 1 saturated carbocycles. The zero-order valence-electron chi connectivity index (χ0n) is 18.4. The molecule has 1 saturated heterocycles. The highest BCUT2D eigenvalue weighted by Crippen LogP contribution is 2.30. The quantitative estimate of drug-likeness (QED) is 0.620. The minimum Gasteiger partial charge on any atom is -0.352 e. The van der Waals surface area contributed by atoms with Crippen molar-refractivity contribution in [2.75, 3.05) is 6.54 Å². The van der Waals surface area contributed by atoms with Crippen LogP contribution in [0.5, 0.6) is 0 Å². The van der Waals surface area contributed by atoms with Crippen LogP contribution in [0.3, 0.4) is 0 Å². The average molecular weight is 447 g/mol. The summed E-state index contributed by atoms with van der Waals surface area (Å²) in [4.78, 5) is 27.3. The SMILES string of the molecule is O=C(NCc1cn(-c2ccccc2)nc1-c1ccc(F)cc1)C1CC(=O)N(C2CCCC2)C1. The number of aromatic nitrogens is 2. The molecule has 2 amide bonds. The number of para-hydroxylation sites is 1. The topological polar surface area (TPSA) is 67.2 Å². The second-order valence-corrected chi connectivity index (χ2v) is 8.89. The maximum absolute atomic E-state index is 13.5. The summed E-state index contributed by atoms with van der Waals surface area (Å²) in [5.41, 5.74) is 3.19. The van der Waals surface area contributed by atoms with E-state index in [1.165, 1.54) is 12.1 Å². The smallest absolute Gasteiger partial charge is 0.225 e. The van der Waals surface area contributed by atoms with Crippen molar-refractivity contribution in [3.05, 3.63) is 72.2 Å². The van der Waals surface area contributed by atoms with Gasteiger partial charge in [0, 0.05) is 42.9 Å². The molecule has 6 nitrogen and oxygen atoms in total. The summed E-state index contributed by atoms with van der Waals surface area (Å²) < 4.78 is 15.2. The van der Waals surface area contributed by atoms with E-state index in [2.05, 4.69) is 5.32 Å². The maximum atomic E-state index is 13.5. The predicted molar refractivity (Wildman–Crippen MR) is 123 cm³/mol. The molecule has 0 spiro atoms. The number of rotatable bonds is 6. The molecular weight excluding hydrogens is 419 g/mol. The summed E-state index contributed by atoms with van der Waals surface area (Å²) >= 11 is 0. The van der Waals surface area contributed by atoms with Gasteiger partial charge in [-0.15, -0.1) is 0 Å². The van der Waals surface area contributed by atoms with E-state index in [0.717, 1.165) is 42.5 Å². The number of halogens is 1. The monoisotopic (exact) mass is 446 g/mol. The van der Waals surface area contributed by atoms with Crippen LogP contribution in [0, 0.1) is 11.7 Å². The Kier molecular flexibility index (Phi) is 5.94. The number of likely N-dealkylation sites (tertiary alicyclic amines) is 1. The summed E-state index contributed by atoms with van der Waals surface area (Å²) in [6.07, 6.45) is 6.56. The molecule has 2 heterocycles. The zero-order valence-corrected chi connectivity index (χ0v) is 18.4. The van der Waals surface area contributed by atoms with Crippen LogP contribution in [0.2, 0.25) is 0 Å². The Labute approximate surface area is 192 Å². The minimum absolute atomic E-state index is 0.0888. The Morgan fingerprint density at radius 1 is 1.06 bits per heavy atom. The van der Waals surface area contributed by atoms with E-state index in [0.29, 0.717) is 18.3 Å². The van der Waals surface area contributed by atoms with Gasteiger partial charge in [-0.05, 0) is 49.2 Å². The van der Waals surface area contributed by atoms with E-state index >= 15 is 0 Å². The van der Waals surface area contributed by atoms with Crippen LogP contribution in [-0.2, 0) is 16.1 Å². The highest BCUT2D eigenvalue weighted by Gasteiger charge is 2.38. The first kappa shape index (κ1) is 21.4. The van der Waals surface area contributed by atoms with Crippen molar-refractivity contribution in [1.82, 2.24) is 20.0 Å². The molecule has 1 N–H and O–H groups in total. The van der Waals surface area contributed by atoms with E-state index in [1.807, 2.05) is 41.4 Å². The Bertz CT molecular complexity index is 1140. The van der Waals surface area contributed by atoms with Gasteiger partial charge in [-0.2, -0.15) is 5.10 Å². The predicted octanol–water partition coefficient (Wildman–Crippen LogP) is 4.09. The van der Waals surface area contributed by atoms with Gasteiger partial charge in [0.05, 0.1) is 17.3 Å². The lowest BCUT2D eigenvalue weighted by atomic mass is 10.1. The van der Waals surface area contributed by atoms with Crippen LogP contribution in [0.25, 0.3) is 16.9 Å². The summed E-state index contributed by atoms with van der Waals surface area (Å²) in [5.74, 6) is -0.655. The highest BCUT2D eigenvalue weighted by molar-refractivity contribution is 5.89. The van der Waals surface area contributed by atoms with Crippen LogP contribution in [0.15, 0.2) is 60.8 Å². The molecule has 1 aliphatic heterocycles. The fourth-order valence-corrected chi connectivity index (χ4v) is 4.91. The second kappa shape index (κ2) is 9.17. The van der Waals surface area contributed by atoms with Crippen LogP contribution in [0.1, 0.15) is 37.7 Å². The van der Waals surface area contributed by atoms with Crippen molar-refractivity contribution in [3.63, 3.8) is 0 Å². The van der Waals surface area contributed by atoms with Crippen molar-refractivity contribution in [2.45, 2.75) is 44.7 Å². The molecule has 170 valence electrons. The second-order valence-electron chi connectivity index (χ2n) is 8.89. The fraction of sp³-hybridized carbons (Fsp3) is 0.346. The van der Waals surface area contributed by atoms with E-state index in [-0.39, 0.29) is 36.5 Å².